The second-order valence-corrected chi connectivity index (χ2v) is 8.32. The summed E-state index contributed by atoms with van der Waals surface area (Å²) in [5.74, 6) is 0.460. The SMILES string of the molecule is Cc1cc(Br)ccc1SCC(=O)Nc1ccccc1CN1CCCC1. The van der Waals surface area contributed by atoms with Crippen molar-refractivity contribution < 1.29 is 4.79 Å². The van der Waals surface area contributed by atoms with Crippen LogP contribution in [-0.2, 0) is 11.3 Å². The highest BCUT2D eigenvalue weighted by atomic mass is 79.9. The standard InChI is InChI=1S/C20H23BrN2OS/c1-15-12-17(21)8-9-19(15)25-14-20(24)22-18-7-3-2-6-16(18)13-23-10-4-5-11-23/h2-3,6-9,12H,4-5,10-11,13-14H2,1H3,(H,22,24). The Balaban J connectivity index is 1.59. The van der Waals surface area contributed by atoms with Crippen molar-refractivity contribution >= 4 is 39.3 Å². The van der Waals surface area contributed by atoms with Gasteiger partial charge in [0.1, 0.15) is 0 Å². The van der Waals surface area contributed by atoms with Crippen molar-refractivity contribution in [1.29, 1.82) is 0 Å². The number of hydrogen-bond donors (Lipinski definition) is 1. The normalized spacial score (nSPS) is 14.6. The number of nitrogens with one attached hydrogen (secondary N) is 1. The van der Waals surface area contributed by atoms with Crippen LogP contribution in [0.2, 0.25) is 0 Å². The summed E-state index contributed by atoms with van der Waals surface area (Å²) in [5, 5.41) is 3.09. The van der Waals surface area contributed by atoms with Crippen LogP contribution in [0.5, 0.6) is 0 Å². The fourth-order valence-electron chi connectivity index (χ4n) is 3.07. The molecule has 5 heteroatoms. The number of anilines is 1. The molecule has 0 spiro atoms. The average Bonchev–Trinajstić information content (AvgIpc) is 3.09. The van der Waals surface area contributed by atoms with E-state index in [0.29, 0.717) is 5.75 Å². The van der Waals surface area contributed by atoms with Crippen molar-refractivity contribution in [3.63, 3.8) is 0 Å². The number of carbonyl (C=O) groups excluding carboxylic acids is 1. The van der Waals surface area contributed by atoms with Gasteiger partial charge in [-0.3, -0.25) is 9.69 Å². The summed E-state index contributed by atoms with van der Waals surface area (Å²) in [6.07, 6.45) is 2.55. The second kappa shape index (κ2) is 8.88. The highest BCUT2D eigenvalue weighted by Crippen LogP contribution is 2.26. The number of rotatable bonds is 6. The Morgan fingerprint density at radius 3 is 2.72 bits per heavy atom. The molecule has 1 amide bonds. The number of hydrogen-bond acceptors (Lipinski definition) is 3. The Hall–Kier alpha value is -1.30. The molecule has 1 N–H and O–H groups in total. The van der Waals surface area contributed by atoms with E-state index in [1.807, 2.05) is 24.3 Å². The Morgan fingerprint density at radius 1 is 1.20 bits per heavy atom. The largest absolute Gasteiger partial charge is 0.325 e. The number of benzene rings is 2. The highest BCUT2D eigenvalue weighted by Gasteiger charge is 2.14. The molecule has 0 atom stereocenters. The number of halogens is 1. The van der Waals surface area contributed by atoms with Crippen LogP contribution in [0, 0.1) is 6.92 Å². The van der Waals surface area contributed by atoms with Crippen LogP contribution >= 0.6 is 27.7 Å². The number of carbonyl (C=O) groups is 1. The summed E-state index contributed by atoms with van der Waals surface area (Å²) in [4.78, 5) is 16.0. The maximum atomic E-state index is 12.4. The summed E-state index contributed by atoms with van der Waals surface area (Å²) >= 11 is 5.05. The van der Waals surface area contributed by atoms with E-state index in [1.165, 1.54) is 24.0 Å². The zero-order valence-electron chi connectivity index (χ0n) is 14.4. The van der Waals surface area contributed by atoms with E-state index in [2.05, 4.69) is 51.3 Å². The zero-order chi connectivity index (χ0) is 17.6. The van der Waals surface area contributed by atoms with Gasteiger partial charge in [0.05, 0.1) is 5.75 Å². The summed E-state index contributed by atoms with van der Waals surface area (Å²) in [5.41, 5.74) is 3.32. The van der Waals surface area contributed by atoms with Crippen LogP contribution < -0.4 is 5.32 Å². The second-order valence-electron chi connectivity index (χ2n) is 6.39. The molecule has 25 heavy (non-hydrogen) atoms. The third-order valence-electron chi connectivity index (χ3n) is 4.38. The molecule has 3 nitrogen and oxygen atoms in total. The quantitative estimate of drug-likeness (QED) is 0.663. The number of likely N-dealkylation sites (tertiary alicyclic amines) is 1. The van der Waals surface area contributed by atoms with Gasteiger partial charge in [0.2, 0.25) is 5.91 Å². The van der Waals surface area contributed by atoms with Crippen molar-refractivity contribution in [2.75, 3.05) is 24.2 Å². The molecule has 1 fully saturated rings. The minimum Gasteiger partial charge on any atom is -0.325 e. The predicted molar refractivity (Wildman–Crippen MR) is 109 cm³/mol. The molecule has 2 aromatic rings. The molecular formula is C20H23BrN2OS. The van der Waals surface area contributed by atoms with E-state index in [-0.39, 0.29) is 5.91 Å². The summed E-state index contributed by atoms with van der Waals surface area (Å²) in [6.45, 7) is 5.29. The van der Waals surface area contributed by atoms with Gasteiger partial charge in [0.25, 0.3) is 0 Å². The lowest BCUT2D eigenvalue weighted by atomic mass is 10.1. The molecule has 3 rings (SSSR count). The number of para-hydroxylation sites is 1. The molecule has 1 aliphatic heterocycles. The van der Waals surface area contributed by atoms with Crippen LogP contribution in [0.3, 0.4) is 0 Å². The number of aryl methyl sites for hydroxylation is 1. The molecule has 132 valence electrons. The molecule has 2 aromatic carbocycles. The number of thioether (sulfide) groups is 1. The topological polar surface area (TPSA) is 32.3 Å². The number of amides is 1. The van der Waals surface area contributed by atoms with E-state index in [4.69, 9.17) is 0 Å². The molecule has 0 radical (unpaired) electrons. The van der Waals surface area contributed by atoms with E-state index in [1.54, 1.807) is 11.8 Å². The van der Waals surface area contributed by atoms with Crippen molar-refractivity contribution in [1.82, 2.24) is 4.90 Å². The maximum Gasteiger partial charge on any atom is 0.234 e. The van der Waals surface area contributed by atoms with Gasteiger partial charge in [-0.05, 0) is 68.2 Å². The Bertz CT molecular complexity index is 744. The lowest BCUT2D eigenvalue weighted by Crippen LogP contribution is -2.21. The van der Waals surface area contributed by atoms with E-state index >= 15 is 0 Å². The molecule has 1 heterocycles. The maximum absolute atomic E-state index is 12.4. The monoisotopic (exact) mass is 418 g/mol. The molecular weight excluding hydrogens is 396 g/mol. The van der Waals surface area contributed by atoms with E-state index in [0.717, 1.165) is 34.7 Å². The molecule has 1 saturated heterocycles. The fourth-order valence-corrected chi connectivity index (χ4v) is 4.35. The molecule has 0 aliphatic carbocycles. The minimum absolute atomic E-state index is 0.0428. The van der Waals surface area contributed by atoms with Crippen molar-refractivity contribution in [3.05, 3.63) is 58.1 Å². The Morgan fingerprint density at radius 2 is 1.96 bits per heavy atom. The van der Waals surface area contributed by atoms with Crippen molar-refractivity contribution in [2.45, 2.75) is 31.2 Å². The Kier molecular flexibility index (Phi) is 6.57. The van der Waals surface area contributed by atoms with E-state index in [9.17, 15) is 4.79 Å². The molecule has 0 bridgehead atoms. The van der Waals surface area contributed by atoms with Gasteiger partial charge in [0, 0.05) is 21.6 Å². The van der Waals surface area contributed by atoms with Gasteiger partial charge < -0.3 is 5.32 Å². The first-order valence-corrected chi connectivity index (χ1v) is 10.4. The molecule has 1 aliphatic rings. The molecule has 0 saturated carbocycles. The predicted octanol–water partition coefficient (Wildman–Crippen LogP) is 5.08. The van der Waals surface area contributed by atoms with Crippen LogP contribution in [0.15, 0.2) is 51.8 Å². The van der Waals surface area contributed by atoms with Gasteiger partial charge in [-0.25, -0.2) is 0 Å². The van der Waals surface area contributed by atoms with Gasteiger partial charge in [-0.1, -0.05) is 34.1 Å². The first kappa shape index (κ1) is 18.5. The lowest BCUT2D eigenvalue weighted by molar-refractivity contribution is -0.113. The summed E-state index contributed by atoms with van der Waals surface area (Å²) in [6, 6.07) is 14.3. The first-order chi connectivity index (χ1) is 12.1. The van der Waals surface area contributed by atoms with Gasteiger partial charge in [-0.2, -0.15) is 0 Å². The summed E-state index contributed by atoms with van der Waals surface area (Å²) in [7, 11) is 0. The van der Waals surface area contributed by atoms with Crippen LogP contribution in [0.25, 0.3) is 0 Å². The van der Waals surface area contributed by atoms with Gasteiger partial charge >= 0.3 is 0 Å². The third kappa shape index (κ3) is 5.33. The summed E-state index contributed by atoms with van der Waals surface area (Å²) < 4.78 is 1.06. The lowest BCUT2D eigenvalue weighted by Gasteiger charge is -2.17. The minimum atomic E-state index is 0.0428. The zero-order valence-corrected chi connectivity index (χ0v) is 16.8. The highest BCUT2D eigenvalue weighted by molar-refractivity contribution is 9.10. The van der Waals surface area contributed by atoms with Crippen LogP contribution in [-0.4, -0.2) is 29.6 Å². The number of nitrogens with zero attached hydrogens (tertiary/aromatic N) is 1. The van der Waals surface area contributed by atoms with Crippen LogP contribution in [0.4, 0.5) is 5.69 Å². The molecule has 0 aromatic heterocycles. The van der Waals surface area contributed by atoms with Gasteiger partial charge in [-0.15, -0.1) is 11.8 Å². The van der Waals surface area contributed by atoms with Gasteiger partial charge in [0.15, 0.2) is 0 Å². The fraction of sp³-hybridized carbons (Fsp3) is 0.350. The Labute approximate surface area is 162 Å². The smallest absolute Gasteiger partial charge is 0.234 e. The van der Waals surface area contributed by atoms with Crippen molar-refractivity contribution in [3.8, 4) is 0 Å². The molecule has 0 unspecified atom stereocenters. The van der Waals surface area contributed by atoms with Crippen LogP contribution in [0.1, 0.15) is 24.0 Å². The van der Waals surface area contributed by atoms with E-state index < -0.39 is 0 Å². The van der Waals surface area contributed by atoms with Crippen molar-refractivity contribution in [2.24, 2.45) is 0 Å². The third-order valence-corrected chi connectivity index (χ3v) is 6.05. The average molecular weight is 419 g/mol. The first-order valence-electron chi connectivity index (χ1n) is 8.61.